The molecule has 6 heteroatoms. The number of aliphatic carboxylic acids is 1. The Balaban J connectivity index is 2.20. The van der Waals surface area contributed by atoms with E-state index in [1.54, 1.807) is 24.3 Å². The van der Waals surface area contributed by atoms with Crippen LogP contribution in [0.15, 0.2) is 24.3 Å². The average Bonchev–Trinajstić information content (AvgIpc) is 2.48. The molecule has 0 radical (unpaired) electrons. The van der Waals surface area contributed by atoms with Gasteiger partial charge in [-0.3, -0.25) is 0 Å². The third-order valence-electron chi connectivity index (χ3n) is 2.71. The standard InChI is InChI=1S/C15H22O6/c1-2-19-7-8-20-9-10-21-13-5-3-12(4-6-13)11-14(16)15(17)18/h3-6,14,16H,2,7-11H2,1H3,(H,17,18)/t14-/m1/s1. The summed E-state index contributed by atoms with van der Waals surface area (Å²) in [6, 6.07) is 6.95. The van der Waals surface area contributed by atoms with Crippen molar-refractivity contribution < 1.29 is 29.2 Å². The number of carbonyl (C=O) groups is 1. The van der Waals surface area contributed by atoms with E-state index in [2.05, 4.69) is 0 Å². The molecule has 0 aliphatic heterocycles. The van der Waals surface area contributed by atoms with Crippen molar-refractivity contribution in [2.24, 2.45) is 0 Å². The number of aliphatic hydroxyl groups is 1. The molecule has 0 heterocycles. The number of benzene rings is 1. The summed E-state index contributed by atoms with van der Waals surface area (Å²) >= 11 is 0. The van der Waals surface area contributed by atoms with E-state index in [1.165, 1.54) is 0 Å². The van der Waals surface area contributed by atoms with Crippen LogP contribution in [0.4, 0.5) is 0 Å². The lowest BCUT2D eigenvalue weighted by molar-refractivity contribution is -0.146. The quantitative estimate of drug-likeness (QED) is 0.595. The zero-order chi connectivity index (χ0) is 15.5. The van der Waals surface area contributed by atoms with E-state index < -0.39 is 12.1 Å². The van der Waals surface area contributed by atoms with Crippen LogP contribution in [-0.2, 0) is 20.7 Å². The highest BCUT2D eigenvalue weighted by Crippen LogP contribution is 2.13. The van der Waals surface area contributed by atoms with E-state index >= 15 is 0 Å². The van der Waals surface area contributed by atoms with Crippen molar-refractivity contribution in [1.29, 1.82) is 0 Å². The molecular weight excluding hydrogens is 276 g/mol. The molecule has 21 heavy (non-hydrogen) atoms. The summed E-state index contributed by atoms with van der Waals surface area (Å²) in [6.45, 7) is 4.65. The van der Waals surface area contributed by atoms with Gasteiger partial charge >= 0.3 is 5.97 Å². The van der Waals surface area contributed by atoms with Crippen molar-refractivity contribution >= 4 is 5.97 Å². The first-order chi connectivity index (χ1) is 10.1. The van der Waals surface area contributed by atoms with E-state index in [0.717, 1.165) is 5.56 Å². The minimum atomic E-state index is -1.38. The molecule has 6 nitrogen and oxygen atoms in total. The molecular formula is C15H22O6. The summed E-state index contributed by atoms with van der Waals surface area (Å²) < 4.78 is 15.9. The molecule has 1 rings (SSSR count). The van der Waals surface area contributed by atoms with Crippen LogP contribution in [0.1, 0.15) is 12.5 Å². The van der Waals surface area contributed by atoms with Crippen LogP contribution in [0.3, 0.4) is 0 Å². The van der Waals surface area contributed by atoms with Crippen LogP contribution < -0.4 is 4.74 Å². The predicted molar refractivity (Wildman–Crippen MR) is 76.6 cm³/mol. The Morgan fingerprint density at radius 2 is 1.71 bits per heavy atom. The highest BCUT2D eigenvalue weighted by atomic mass is 16.5. The van der Waals surface area contributed by atoms with E-state index in [1.807, 2.05) is 6.92 Å². The van der Waals surface area contributed by atoms with Gasteiger partial charge in [0, 0.05) is 13.0 Å². The Labute approximate surface area is 124 Å². The number of aliphatic hydroxyl groups excluding tert-OH is 1. The fraction of sp³-hybridized carbons (Fsp3) is 0.533. The van der Waals surface area contributed by atoms with Crippen LogP contribution in [-0.4, -0.2) is 55.3 Å². The molecule has 1 atom stereocenters. The summed E-state index contributed by atoms with van der Waals surface area (Å²) in [5.41, 5.74) is 0.741. The van der Waals surface area contributed by atoms with Gasteiger partial charge in [-0.05, 0) is 24.6 Å². The summed E-state index contributed by atoms with van der Waals surface area (Å²) in [6.07, 6.45) is -1.30. The number of rotatable bonds is 11. The molecule has 0 aliphatic rings. The molecule has 0 unspecified atom stereocenters. The average molecular weight is 298 g/mol. The highest BCUT2D eigenvalue weighted by molar-refractivity contribution is 5.72. The second-order valence-corrected chi connectivity index (χ2v) is 4.36. The lowest BCUT2D eigenvalue weighted by Crippen LogP contribution is -2.21. The molecule has 0 aromatic heterocycles. The zero-order valence-electron chi connectivity index (χ0n) is 12.2. The normalized spacial score (nSPS) is 12.1. The van der Waals surface area contributed by atoms with Gasteiger partial charge in [-0.15, -0.1) is 0 Å². The van der Waals surface area contributed by atoms with E-state index in [4.69, 9.17) is 19.3 Å². The topological polar surface area (TPSA) is 85.2 Å². The highest BCUT2D eigenvalue weighted by Gasteiger charge is 2.13. The minimum Gasteiger partial charge on any atom is -0.491 e. The van der Waals surface area contributed by atoms with Gasteiger partial charge in [0.15, 0.2) is 6.10 Å². The van der Waals surface area contributed by atoms with Gasteiger partial charge in [-0.25, -0.2) is 4.79 Å². The van der Waals surface area contributed by atoms with Gasteiger partial charge < -0.3 is 24.4 Å². The third-order valence-corrected chi connectivity index (χ3v) is 2.71. The van der Waals surface area contributed by atoms with Crippen molar-refractivity contribution in [3.63, 3.8) is 0 Å². The number of carboxylic acid groups (broad SMARTS) is 1. The molecule has 2 N–H and O–H groups in total. The van der Waals surface area contributed by atoms with Gasteiger partial charge in [0.2, 0.25) is 0 Å². The van der Waals surface area contributed by atoms with E-state index in [0.29, 0.717) is 38.8 Å². The first-order valence-electron chi connectivity index (χ1n) is 6.91. The minimum absolute atomic E-state index is 0.0795. The van der Waals surface area contributed by atoms with Crippen LogP contribution >= 0.6 is 0 Å². The molecule has 1 aromatic carbocycles. The van der Waals surface area contributed by atoms with Gasteiger partial charge in [-0.2, -0.15) is 0 Å². The maximum absolute atomic E-state index is 10.5. The summed E-state index contributed by atoms with van der Waals surface area (Å²) in [7, 11) is 0. The molecule has 0 bridgehead atoms. The summed E-state index contributed by atoms with van der Waals surface area (Å²) in [5, 5.41) is 17.9. The molecule has 0 saturated heterocycles. The van der Waals surface area contributed by atoms with Gasteiger partial charge in [-0.1, -0.05) is 12.1 Å². The Kier molecular flexibility index (Phi) is 8.42. The second-order valence-electron chi connectivity index (χ2n) is 4.36. The van der Waals surface area contributed by atoms with Crippen molar-refractivity contribution in [2.45, 2.75) is 19.4 Å². The zero-order valence-corrected chi connectivity index (χ0v) is 12.2. The SMILES string of the molecule is CCOCCOCCOc1ccc(C[C@@H](O)C(=O)O)cc1. The Hall–Kier alpha value is -1.63. The monoisotopic (exact) mass is 298 g/mol. The molecule has 118 valence electrons. The first-order valence-corrected chi connectivity index (χ1v) is 6.91. The molecule has 0 spiro atoms. The number of ether oxygens (including phenoxy) is 3. The lowest BCUT2D eigenvalue weighted by atomic mass is 10.1. The maximum atomic E-state index is 10.5. The summed E-state index contributed by atoms with van der Waals surface area (Å²) in [4.78, 5) is 10.5. The Morgan fingerprint density at radius 3 is 2.33 bits per heavy atom. The van der Waals surface area contributed by atoms with Gasteiger partial charge in [0.25, 0.3) is 0 Å². The predicted octanol–water partition coefficient (Wildman–Crippen LogP) is 1.11. The number of hydrogen-bond donors (Lipinski definition) is 2. The van der Waals surface area contributed by atoms with Gasteiger partial charge in [0.05, 0.1) is 19.8 Å². The molecule has 0 amide bonds. The smallest absolute Gasteiger partial charge is 0.332 e. The first kappa shape index (κ1) is 17.4. The van der Waals surface area contributed by atoms with Crippen molar-refractivity contribution in [3.8, 4) is 5.75 Å². The van der Waals surface area contributed by atoms with Crippen LogP contribution in [0, 0.1) is 0 Å². The van der Waals surface area contributed by atoms with Gasteiger partial charge in [0.1, 0.15) is 12.4 Å². The van der Waals surface area contributed by atoms with Crippen molar-refractivity contribution in [2.75, 3.05) is 33.0 Å². The van der Waals surface area contributed by atoms with Crippen molar-refractivity contribution in [3.05, 3.63) is 29.8 Å². The van der Waals surface area contributed by atoms with Crippen molar-refractivity contribution in [1.82, 2.24) is 0 Å². The maximum Gasteiger partial charge on any atom is 0.332 e. The second kappa shape index (κ2) is 10.1. The fourth-order valence-corrected chi connectivity index (χ4v) is 1.62. The fourth-order valence-electron chi connectivity index (χ4n) is 1.62. The largest absolute Gasteiger partial charge is 0.491 e. The molecule has 0 aliphatic carbocycles. The van der Waals surface area contributed by atoms with Crippen LogP contribution in [0.5, 0.6) is 5.75 Å². The summed E-state index contributed by atoms with van der Waals surface area (Å²) in [5.74, 6) is -0.545. The van der Waals surface area contributed by atoms with E-state index in [9.17, 15) is 9.90 Å². The molecule has 0 fully saturated rings. The third kappa shape index (κ3) is 7.65. The molecule has 0 saturated carbocycles. The number of carboxylic acids is 1. The molecule has 1 aromatic rings. The number of hydrogen-bond acceptors (Lipinski definition) is 5. The lowest BCUT2D eigenvalue weighted by Gasteiger charge is -2.09. The Bertz CT molecular complexity index is 403. The Morgan fingerprint density at radius 1 is 1.10 bits per heavy atom. The van der Waals surface area contributed by atoms with Crippen LogP contribution in [0.25, 0.3) is 0 Å². The van der Waals surface area contributed by atoms with E-state index in [-0.39, 0.29) is 6.42 Å². The van der Waals surface area contributed by atoms with Crippen LogP contribution in [0.2, 0.25) is 0 Å².